The Morgan fingerprint density at radius 1 is 1.56 bits per heavy atom. The van der Waals surface area contributed by atoms with Crippen LogP contribution in [0.3, 0.4) is 0 Å². The number of carbonyl (C=O) groups is 1. The van der Waals surface area contributed by atoms with Crippen molar-refractivity contribution in [3.8, 4) is 0 Å². The molecule has 1 aromatic rings. The number of halogens is 1. The van der Waals surface area contributed by atoms with Gasteiger partial charge in [0.2, 0.25) is 0 Å². The Balaban J connectivity index is 2.31. The summed E-state index contributed by atoms with van der Waals surface area (Å²) < 4.78 is 4.95. The van der Waals surface area contributed by atoms with Gasteiger partial charge in [-0.15, -0.1) is 0 Å². The van der Waals surface area contributed by atoms with Crippen molar-refractivity contribution in [1.29, 1.82) is 0 Å². The van der Waals surface area contributed by atoms with Crippen molar-refractivity contribution < 1.29 is 9.53 Å². The Morgan fingerprint density at radius 2 is 2.31 bits per heavy atom. The number of benzene rings is 1. The SMILES string of the molecule is CCOC(=O)C1=Cc2cc(N)cc(Cl)c2C1. The summed E-state index contributed by atoms with van der Waals surface area (Å²) in [5, 5.41) is 0.602. The maximum atomic E-state index is 11.5. The average Bonchev–Trinajstić information content (AvgIpc) is 2.62. The molecule has 4 heteroatoms. The van der Waals surface area contributed by atoms with Gasteiger partial charge in [0.15, 0.2) is 0 Å². The minimum absolute atomic E-state index is 0.284. The predicted octanol–water partition coefficient (Wildman–Crippen LogP) is 2.42. The van der Waals surface area contributed by atoms with Crippen molar-refractivity contribution in [2.45, 2.75) is 13.3 Å². The number of anilines is 1. The van der Waals surface area contributed by atoms with Crippen LogP contribution < -0.4 is 5.73 Å². The first-order chi connectivity index (χ1) is 7.61. The van der Waals surface area contributed by atoms with E-state index >= 15 is 0 Å². The Morgan fingerprint density at radius 3 is 3.00 bits per heavy atom. The topological polar surface area (TPSA) is 52.3 Å². The summed E-state index contributed by atoms with van der Waals surface area (Å²) in [5.41, 5.74) is 8.77. The highest BCUT2D eigenvalue weighted by Crippen LogP contribution is 2.33. The molecule has 0 aliphatic heterocycles. The quantitative estimate of drug-likeness (QED) is 0.635. The summed E-state index contributed by atoms with van der Waals surface area (Å²) in [6.07, 6.45) is 2.31. The normalized spacial score (nSPS) is 13.2. The largest absolute Gasteiger partial charge is 0.463 e. The van der Waals surface area contributed by atoms with Crippen LogP contribution in [0.15, 0.2) is 17.7 Å². The average molecular weight is 238 g/mol. The Kier molecular flexibility index (Phi) is 2.88. The van der Waals surface area contributed by atoms with E-state index in [0.717, 1.165) is 11.1 Å². The number of esters is 1. The molecule has 0 saturated carbocycles. The molecule has 1 aliphatic rings. The third-order valence-electron chi connectivity index (χ3n) is 2.49. The molecule has 1 aliphatic carbocycles. The Bertz CT molecular complexity index is 480. The second-order valence-electron chi connectivity index (χ2n) is 3.64. The van der Waals surface area contributed by atoms with Gasteiger partial charge in [0.05, 0.1) is 6.61 Å². The lowest BCUT2D eigenvalue weighted by molar-refractivity contribution is -0.138. The molecule has 0 amide bonds. The smallest absolute Gasteiger partial charge is 0.334 e. The van der Waals surface area contributed by atoms with E-state index in [4.69, 9.17) is 22.1 Å². The second-order valence-corrected chi connectivity index (χ2v) is 4.04. The number of hydrogen-bond acceptors (Lipinski definition) is 3. The fraction of sp³-hybridized carbons (Fsp3) is 0.250. The predicted molar refractivity (Wildman–Crippen MR) is 64.2 cm³/mol. The van der Waals surface area contributed by atoms with Crippen molar-refractivity contribution in [3.63, 3.8) is 0 Å². The van der Waals surface area contributed by atoms with Gasteiger partial charge in [-0.25, -0.2) is 4.79 Å². The van der Waals surface area contributed by atoms with Gasteiger partial charge < -0.3 is 10.5 Å². The van der Waals surface area contributed by atoms with E-state index in [1.807, 2.05) is 6.07 Å². The first kappa shape index (κ1) is 11.0. The zero-order valence-electron chi connectivity index (χ0n) is 8.92. The summed E-state index contributed by atoms with van der Waals surface area (Å²) in [4.78, 5) is 11.5. The third-order valence-corrected chi connectivity index (χ3v) is 2.82. The molecule has 0 saturated heterocycles. The molecule has 0 aromatic heterocycles. The van der Waals surface area contributed by atoms with Crippen molar-refractivity contribution in [3.05, 3.63) is 33.9 Å². The van der Waals surface area contributed by atoms with Crippen molar-refractivity contribution >= 4 is 29.3 Å². The van der Waals surface area contributed by atoms with Crippen molar-refractivity contribution in [1.82, 2.24) is 0 Å². The highest BCUT2D eigenvalue weighted by molar-refractivity contribution is 6.32. The summed E-state index contributed by atoms with van der Waals surface area (Å²) in [5.74, 6) is -0.284. The lowest BCUT2D eigenvalue weighted by Gasteiger charge is -2.04. The van der Waals surface area contributed by atoms with Gasteiger partial charge in [-0.3, -0.25) is 0 Å². The molecule has 0 atom stereocenters. The molecule has 3 nitrogen and oxygen atoms in total. The lowest BCUT2D eigenvalue weighted by atomic mass is 10.1. The molecule has 84 valence electrons. The van der Waals surface area contributed by atoms with Gasteiger partial charge in [-0.1, -0.05) is 11.6 Å². The number of fused-ring (bicyclic) bond motifs is 1. The first-order valence-electron chi connectivity index (χ1n) is 5.07. The highest BCUT2D eigenvalue weighted by Gasteiger charge is 2.21. The number of nitrogens with two attached hydrogens (primary N) is 1. The molecular formula is C12H12ClNO2. The zero-order valence-corrected chi connectivity index (χ0v) is 9.67. The minimum Gasteiger partial charge on any atom is -0.463 e. The van der Waals surface area contributed by atoms with Gasteiger partial charge in [0.1, 0.15) is 0 Å². The summed E-state index contributed by atoms with van der Waals surface area (Å²) in [6.45, 7) is 2.16. The van der Waals surface area contributed by atoms with E-state index in [-0.39, 0.29) is 5.97 Å². The molecule has 16 heavy (non-hydrogen) atoms. The van der Waals surface area contributed by atoms with Crippen molar-refractivity contribution in [2.24, 2.45) is 0 Å². The number of ether oxygens (including phenoxy) is 1. The fourth-order valence-electron chi connectivity index (χ4n) is 1.78. The first-order valence-corrected chi connectivity index (χ1v) is 5.45. The zero-order chi connectivity index (χ0) is 11.7. The van der Waals surface area contributed by atoms with Gasteiger partial charge in [-0.05, 0) is 36.3 Å². The van der Waals surface area contributed by atoms with Crippen LogP contribution in [0.25, 0.3) is 6.08 Å². The molecular weight excluding hydrogens is 226 g/mol. The minimum atomic E-state index is -0.284. The molecule has 0 unspecified atom stereocenters. The maximum absolute atomic E-state index is 11.5. The molecule has 0 radical (unpaired) electrons. The monoisotopic (exact) mass is 237 g/mol. The van der Waals surface area contributed by atoms with Crippen LogP contribution in [0.1, 0.15) is 18.1 Å². The Labute approximate surface area is 98.8 Å². The highest BCUT2D eigenvalue weighted by atomic mass is 35.5. The maximum Gasteiger partial charge on any atom is 0.334 e. The van der Waals surface area contributed by atoms with Crippen LogP contribution in [0.5, 0.6) is 0 Å². The summed E-state index contributed by atoms with van der Waals surface area (Å²) >= 11 is 6.06. The van der Waals surface area contributed by atoms with E-state index in [1.54, 1.807) is 19.1 Å². The van der Waals surface area contributed by atoms with Crippen molar-refractivity contribution in [2.75, 3.05) is 12.3 Å². The van der Waals surface area contributed by atoms with Crippen LogP contribution in [0.4, 0.5) is 5.69 Å². The lowest BCUT2D eigenvalue weighted by Crippen LogP contribution is -2.07. The second kappa shape index (κ2) is 4.18. The Hall–Kier alpha value is -1.48. The van der Waals surface area contributed by atoms with Gasteiger partial charge in [-0.2, -0.15) is 0 Å². The molecule has 0 fully saturated rings. The van der Waals surface area contributed by atoms with Crippen LogP contribution in [-0.4, -0.2) is 12.6 Å². The number of rotatable bonds is 2. The van der Waals surface area contributed by atoms with Crippen LogP contribution in [-0.2, 0) is 16.0 Å². The number of nitrogen functional groups attached to an aromatic ring is 1. The molecule has 1 aromatic carbocycles. The van der Waals surface area contributed by atoms with Gasteiger partial charge in [0.25, 0.3) is 0 Å². The van der Waals surface area contributed by atoms with Crippen LogP contribution in [0.2, 0.25) is 5.02 Å². The van der Waals surface area contributed by atoms with E-state index in [1.165, 1.54) is 0 Å². The molecule has 0 bridgehead atoms. The summed E-state index contributed by atoms with van der Waals surface area (Å²) in [7, 11) is 0. The molecule has 0 heterocycles. The van der Waals surface area contributed by atoms with Gasteiger partial charge >= 0.3 is 5.97 Å². The van der Waals surface area contributed by atoms with Gasteiger partial charge in [0, 0.05) is 22.7 Å². The standard InChI is InChI=1S/C12H12ClNO2/c1-2-16-12(15)8-3-7-4-9(14)6-11(13)10(7)5-8/h3-4,6H,2,5,14H2,1H3. The van der Waals surface area contributed by atoms with E-state index in [9.17, 15) is 4.79 Å². The molecule has 0 spiro atoms. The summed E-state index contributed by atoms with van der Waals surface area (Å²) in [6, 6.07) is 3.51. The van der Waals surface area contributed by atoms with E-state index < -0.39 is 0 Å². The van der Waals surface area contributed by atoms with Crippen LogP contribution in [0, 0.1) is 0 Å². The molecule has 2 N–H and O–H groups in total. The fourth-order valence-corrected chi connectivity index (χ4v) is 2.08. The van der Waals surface area contributed by atoms with Crippen LogP contribution >= 0.6 is 11.6 Å². The third kappa shape index (κ3) is 1.91. The number of hydrogen-bond donors (Lipinski definition) is 1. The van der Waals surface area contributed by atoms with E-state index in [2.05, 4.69) is 0 Å². The van der Waals surface area contributed by atoms with E-state index in [0.29, 0.717) is 29.3 Å². The molecule has 2 rings (SSSR count). The number of carbonyl (C=O) groups excluding carboxylic acids is 1.